The van der Waals surface area contributed by atoms with E-state index < -0.39 is 0 Å². The zero-order valence-electron chi connectivity index (χ0n) is 13.0. The fraction of sp³-hybridized carbons (Fsp3) is 1.00. The summed E-state index contributed by atoms with van der Waals surface area (Å²) in [6, 6.07) is 0.450. The Morgan fingerprint density at radius 3 is 2.05 bits per heavy atom. The molecule has 1 nitrogen and oxygen atoms in total. The number of hydrogen-bond acceptors (Lipinski definition) is 2. The first-order valence-corrected chi connectivity index (χ1v) is 9.76. The Morgan fingerprint density at radius 1 is 0.842 bits per heavy atom. The fourth-order valence-corrected chi connectivity index (χ4v) is 4.37. The topological polar surface area (TPSA) is 26.0 Å². The summed E-state index contributed by atoms with van der Waals surface area (Å²) in [5.74, 6) is 1.33. The van der Waals surface area contributed by atoms with Crippen molar-refractivity contribution in [1.82, 2.24) is 0 Å². The number of rotatable bonds is 5. The summed E-state index contributed by atoms with van der Waals surface area (Å²) >= 11 is 2.17. The smallest absolute Gasteiger partial charge is 0.0199 e. The lowest BCUT2D eigenvalue weighted by molar-refractivity contribution is 0.473. The Kier molecular flexibility index (Phi) is 11.0. The standard InChI is InChI=1S/C17H35NS/c1-2-3-12-15-19-17-14-11-9-7-5-4-6-8-10-13-16(17)18/h16-17H,2-15,18H2,1H3. The Bertz CT molecular complexity index is 194. The van der Waals surface area contributed by atoms with E-state index in [0.29, 0.717) is 6.04 Å². The molecule has 2 heteroatoms. The second-order valence-electron chi connectivity index (χ2n) is 6.19. The molecule has 0 aromatic heterocycles. The SMILES string of the molecule is CCCCCSC1CCCCCCCCCCC1N. The van der Waals surface area contributed by atoms with Crippen molar-refractivity contribution in [3.63, 3.8) is 0 Å². The molecule has 1 aliphatic rings. The van der Waals surface area contributed by atoms with Crippen LogP contribution < -0.4 is 5.73 Å². The lowest BCUT2D eigenvalue weighted by Crippen LogP contribution is -2.32. The van der Waals surface area contributed by atoms with Crippen LogP contribution in [0.1, 0.15) is 90.4 Å². The molecule has 0 amide bonds. The Labute approximate surface area is 125 Å². The van der Waals surface area contributed by atoms with Crippen molar-refractivity contribution >= 4 is 11.8 Å². The van der Waals surface area contributed by atoms with E-state index in [4.69, 9.17) is 5.73 Å². The molecule has 2 unspecified atom stereocenters. The second-order valence-corrected chi connectivity index (χ2v) is 7.53. The normalized spacial score (nSPS) is 27.5. The van der Waals surface area contributed by atoms with E-state index in [2.05, 4.69) is 18.7 Å². The number of hydrogen-bond donors (Lipinski definition) is 1. The molecular formula is C17H35NS. The van der Waals surface area contributed by atoms with Crippen molar-refractivity contribution in [3.8, 4) is 0 Å². The fourth-order valence-electron chi connectivity index (χ4n) is 2.98. The first-order valence-electron chi connectivity index (χ1n) is 8.71. The van der Waals surface area contributed by atoms with E-state index >= 15 is 0 Å². The Morgan fingerprint density at radius 2 is 1.42 bits per heavy atom. The van der Waals surface area contributed by atoms with Crippen LogP contribution in [0.4, 0.5) is 0 Å². The molecule has 114 valence electrons. The van der Waals surface area contributed by atoms with E-state index in [0.717, 1.165) is 5.25 Å². The average molecular weight is 286 g/mol. The van der Waals surface area contributed by atoms with Gasteiger partial charge in [0.15, 0.2) is 0 Å². The molecule has 0 heterocycles. The number of nitrogens with two attached hydrogens (primary N) is 1. The number of unbranched alkanes of at least 4 members (excludes halogenated alkanes) is 2. The van der Waals surface area contributed by atoms with E-state index in [1.165, 1.54) is 89.2 Å². The molecule has 2 atom stereocenters. The van der Waals surface area contributed by atoms with Gasteiger partial charge in [-0.3, -0.25) is 0 Å². The highest BCUT2D eigenvalue weighted by atomic mass is 32.2. The molecule has 2 N–H and O–H groups in total. The Balaban J connectivity index is 2.29. The summed E-state index contributed by atoms with van der Waals surface area (Å²) in [7, 11) is 0. The van der Waals surface area contributed by atoms with Crippen LogP contribution >= 0.6 is 11.8 Å². The number of thioether (sulfide) groups is 1. The van der Waals surface area contributed by atoms with E-state index in [1.54, 1.807) is 0 Å². The molecule has 0 aromatic carbocycles. The van der Waals surface area contributed by atoms with Gasteiger partial charge < -0.3 is 5.73 Å². The molecule has 1 saturated carbocycles. The molecule has 0 bridgehead atoms. The molecule has 1 fully saturated rings. The third-order valence-corrected chi connectivity index (χ3v) is 5.87. The molecule has 1 aliphatic carbocycles. The van der Waals surface area contributed by atoms with Gasteiger partial charge in [-0.1, -0.05) is 71.1 Å². The molecule has 0 aliphatic heterocycles. The van der Waals surface area contributed by atoms with Crippen LogP contribution in [0.15, 0.2) is 0 Å². The molecule has 19 heavy (non-hydrogen) atoms. The van der Waals surface area contributed by atoms with Gasteiger partial charge in [-0.15, -0.1) is 0 Å². The molecule has 0 spiro atoms. The van der Waals surface area contributed by atoms with Crippen LogP contribution in [0.2, 0.25) is 0 Å². The minimum Gasteiger partial charge on any atom is -0.327 e. The first-order chi connectivity index (χ1) is 9.34. The summed E-state index contributed by atoms with van der Waals surface area (Å²) in [4.78, 5) is 0. The molecule has 1 rings (SSSR count). The monoisotopic (exact) mass is 285 g/mol. The van der Waals surface area contributed by atoms with Crippen molar-refractivity contribution in [1.29, 1.82) is 0 Å². The van der Waals surface area contributed by atoms with Gasteiger partial charge in [-0.05, 0) is 25.0 Å². The zero-order chi connectivity index (χ0) is 13.8. The van der Waals surface area contributed by atoms with Crippen LogP contribution in [-0.2, 0) is 0 Å². The maximum atomic E-state index is 6.45. The zero-order valence-corrected chi connectivity index (χ0v) is 13.9. The molecular weight excluding hydrogens is 250 g/mol. The van der Waals surface area contributed by atoms with Gasteiger partial charge in [0.2, 0.25) is 0 Å². The van der Waals surface area contributed by atoms with Crippen molar-refractivity contribution in [2.24, 2.45) is 5.73 Å². The van der Waals surface area contributed by atoms with Crippen molar-refractivity contribution in [2.75, 3.05) is 5.75 Å². The summed E-state index contributed by atoms with van der Waals surface area (Å²) in [6.07, 6.45) is 18.1. The van der Waals surface area contributed by atoms with Gasteiger partial charge in [-0.25, -0.2) is 0 Å². The van der Waals surface area contributed by atoms with Crippen LogP contribution in [0.25, 0.3) is 0 Å². The van der Waals surface area contributed by atoms with Crippen molar-refractivity contribution in [3.05, 3.63) is 0 Å². The van der Waals surface area contributed by atoms with Crippen LogP contribution in [-0.4, -0.2) is 17.0 Å². The highest BCUT2D eigenvalue weighted by Gasteiger charge is 2.17. The maximum absolute atomic E-state index is 6.45. The lowest BCUT2D eigenvalue weighted by atomic mass is 9.98. The van der Waals surface area contributed by atoms with E-state index in [-0.39, 0.29) is 0 Å². The summed E-state index contributed by atoms with van der Waals surface area (Å²) < 4.78 is 0. The van der Waals surface area contributed by atoms with Gasteiger partial charge in [0.25, 0.3) is 0 Å². The largest absolute Gasteiger partial charge is 0.327 e. The van der Waals surface area contributed by atoms with Gasteiger partial charge in [0.05, 0.1) is 0 Å². The van der Waals surface area contributed by atoms with E-state index in [1.807, 2.05) is 0 Å². The van der Waals surface area contributed by atoms with Crippen molar-refractivity contribution < 1.29 is 0 Å². The predicted octanol–water partition coefficient (Wildman–Crippen LogP) is 5.52. The third-order valence-electron chi connectivity index (χ3n) is 4.33. The van der Waals surface area contributed by atoms with Crippen LogP contribution in [0, 0.1) is 0 Å². The molecule has 0 radical (unpaired) electrons. The summed E-state index contributed by atoms with van der Waals surface area (Å²) in [5.41, 5.74) is 6.45. The van der Waals surface area contributed by atoms with Gasteiger partial charge in [0, 0.05) is 11.3 Å². The molecule has 0 aromatic rings. The van der Waals surface area contributed by atoms with E-state index in [9.17, 15) is 0 Å². The predicted molar refractivity (Wildman–Crippen MR) is 89.9 cm³/mol. The average Bonchev–Trinajstić information content (AvgIpc) is 2.41. The maximum Gasteiger partial charge on any atom is 0.0199 e. The summed E-state index contributed by atoms with van der Waals surface area (Å²) in [6.45, 7) is 2.28. The third kappa shape index (κ3) is 8.96. The first kappa shape index (κ1) is 17.4. The minimum atomic E-state index is 0.450. The molecule has 0 saturated heterocycles. The highest BCUT2D eigenvalue weighted by molar-refractivity contribution is 7.99. The van der Waals surface area contributed by atoms with Crippen molar-refractivity contribution in [2.45, 2.75) is 102 Å². The lowest BCUT2D eigenvalue weighted by Gasteiger charge is -2.24. The second kappa shape index (κ2) is 12.1. The minimum absolute atomic E-state index is 0.450. The van der Waals surface area contributed by atoms with Gasteiger partial charge in [0.1, 0.15) is 0 Å². The Hall–Kier alpha value is 0.310. The highest BCUT2D eigenvalue weighted by Crippen LogP contribution is 2.25. The summed E-state index contributed by atoms with van der Waals surface area (Å²) in [5, 5.41) is 0.733. The van der Waals surface area contributed by atoms with Crippen LogP contribution in [0.3, 0.4) is 0 Å². The quantitative estimate of drug-likeness (QED) is 0.673. The van der Waals surface area contributed by atoms with Gasteiger partial charge >= 0.3 is 0 Å². The van der Waals surface area contributed by atoms with Crippen LogP contribution in [0.5, 0.6) is 0 Å². The van der Waals surface area contributed by atoms with Gasteiger partial charge in [-0.2, -0.15) is 11.8 Å².